The zero-order valence-electron chi connectivity index (χ0n) is 10.6. The average molecular weight is 290 g/mol. The van der Waals surface area contributed by atoms with Crippen molar-refractivity contribution in [1.29, 1.82) is 0 Å². The minimum Gasteiger partial charge on any atom is -0.323 e. The lowest BCUT2D eigenvalue weighted by Gasteiger charge is -2.06. The van der Waals surface area contributed by atoms with Gasteiger partial charge in [-0.15, -0.1) is 0 Å². The van der Waals surface area contributed by atoms with Crippen LogP contribution in [-0.2, 0) is 4.79 Å². The molecule has 2 aromatic carbocycles. The second kappa shape index (κ2) is 5.25. The van der Waals surface area contributed by atoms with Gasteiger partial charge in [0.1, 0.15) is 5.82 Å². The smallest absolute Gasteiger partial charge is 0.228 e. The van der Waals surface area contributed by atoms with Gasteiger partial charge in [0, 0.05) is 10.9 Å². The van der Waals surface area contributed by atoms with Crippen LogP contribution in [0.15, 0.2) is 48.5 Å². The summed E-state index contributed by atoms with van der Waals surface area (Å²) >= 11 is 5.68. The van der Waals surface area contributed by atoms with Crippen LogP contribution in [0.25, 0.3) is 0 Å². The monoisotopic (exact) mass is 289 g/mol. The van der Waals surface area contributed by atoms with Crippen molar-refractivity contribution in [3.63, 3.8) is 0 Å². The Morgan fingerprint density at radius 1 is 1.20 bits per heavy atom. The summed E-state index contributed by atoms with van der Waals surface area (Å²) in [5, 5.41) is 2.94. The first kappa shape index (κ1) is 13.1. The zero-order valence-corrected chi connectivity index (χ0v) is 11.4. The highest BCUT2D eigenvalue weighted by molar-refractivity contribution is 6.30. The largest absolute Gasteiger partial charge is 0.323 e. The highest BCUT2D eigenvalue weighted by atomic mass is 35.5. The Labute approximate surface area is 121 Å². The van der Waals surface area contributed by atoms with Crippen molar-refractivity contribution in [3.05, 3.63) is 64.9 Å². The Bertz CT molecular complexity index is 644. The predicted octanol–water partition coefficient (Wildman–Crippen LogP) is 4.22. The third-order valence-corrected chi connectivity index (χ3v) is 3.78. The summed E-state index contributed by atoms with van der Waals surface area (Å²) < 4.78 is 13.6. The number of hydrogen-bond donors (Lipinski definition) is 1. The van der Waals surface area contributed by atoms with E-state index in [4.69, 9.17) is 11.6 Å². The van der Waals surface area contributed by atoms with Gasteiger partial charge in [0.05, 0.1) is 5.69 Å². The Kier molecular flexibility index (Phi) is 3.45. The topological polar surface area (TPSA) is 29.1 Å². The number of benzene rings is 2. The number of carbonyl (C=O) groups excluding carboxylic acids is 1. The maximum atomic E-state index is 13.6. The number of hydrogen-bond acceptors (Lipinski definition) is 1. The van der Waals surface area contributed by atoms with E-state index in [2.05, 4.69) is 5.32 Å². The quantitative estimate of drug-likeness (QED) is 0.900. The number of halogens is 2. The molecule has 0 saturated heterocycles. The van der Waals surface area contributed by atoms with E-state index >= 15 is 0 Å². The van der Waals surface area contributed by atoms with Crippen LogP contribution in [0.4, 0.5) is 10.1 Å². The second-order valence-corrected chi connectivity index (χ2v) is 5.41. The molecule has 0 spiro atoms. The lowest BCUT2D eigenvalue weighted by atomic mass is 10.1. The molecule has 102 valence electrons. The van der Waals surface area contributed by atoms with Gasteiger partial charge in [-0.3, -0.25) is 4.79 Å². The van der Waals surface area contributed by atoms with E-state index in [-0.39, 0.29) is 23.4 Å². The molecule has 3 rings (SSSR count). The molecule has 1 aliphatic rings. The number of amides is 1. The van der Waals surface area contributed by atoms with Crippen LogP contribution in [0.1, 0.15) is 17.9 Å². The maximum Gasteiger partial charge on any atom is 0.228 e. The summed E-state index contributed by atoms with van der Waals surface area (Å²) in [7, 11) is 0. The maximum absolute atomic E-state index is 13.6. The SMILES string of the molecule is O=C(Nc1ccc(Cl)cc1F)[C@@H]1C[C@@H]1c1ccccc1. The van der Waals surface area contributed by atoms with Crippen molar-refractivity contribution >= 4 is 23.2 Å². The summed E-state index contributed by atoms with van der Waals surface area (Å²) in [5.74, 6) is -0.484. The van der Waals surface area contributed by atoms with E-state index < -0.39 is 5.82 Å². The molecule has 0 aromatic heterocycles. The van der Waals surface area contributed by atoms with Gasteiger partial charge >= 0.3 is 0 Å². The van der Waals surface area contributed by atoms with Crippen molar-refractivity contribution in [1.82, 2.24) is 0 Å². The summed E-state index contributed by atoms with van der Waals surface area (Å²) in [6.07, 6.45) is 0.811. The lowest BCUT2D eigenvalue weighted by Crippen LogP contribution is -2.15. The average Bonchev–Trinajstić information content (AvgIpc) is 3.23. The van der Waals surface area contributed by atoms with E-state index in [0.29, 0.717) is 5.02 Å². The van der Waals surface area contributed by atoms with Crippen LogP contribution in [0.5, 0.6) is 0 Å². The van der Waals surface area contributed by atoms with Gasteiger partial charge in [-0.2, -0.15) is 0 Å². The van der Waals surface area contributed by atoms with E-state index in [1.807, 2.05) is 30.3 Å². The highest BCUT2D eigenvalue weighted by Crippen LogP contribution is 2.47. The van der Waals surface area contributed by atoms with Crippen molar-refractivity contribution in [2.75, 3.05) is 5.32 Å². The molecular formula is C16H13ClFNO. The van der Waals surface area contributed by atoms with Gasteiger partial charge in [-0.25, -0.2) is 4.39 Å². The first-order valence-corrected chi connectivity index (χ1v) is 6.84. The van der Waals surface area contributed by atoms with Crippen molar-refractivity contribution in [3.8, 4) is 0 Å². The summed E-state index contributed by atoms with van der Waals surface area (Å²) in [5.41, 5.74) is 1.34. The molecule has 2 aromatic rings. The lowest BCUT2D eigenvalue weighted by molar-refractivity contribution is -0.117. The first-order chi connectivity index (χ1) is 9.65. The van der Waals surface area contributed by atoms with Gasteiger partial charge < -0.3 is 5.32 Å². The first-order valence-electron chi connectivity index (χ1n) is 6.46. The Balaban J connectivity index is 1.67. The van der Waals surface area contributed by atoms with Crippen LogP contribution < -0.4 is 5.32 Å². The normalized spacial score (nSPS) is 20.5. The van der Waals surface area contributed by atoms with Gasteiger partial charge in [0.2, 0.25) is 5.91 Å². The van der Waals surface area contributed by atoms with E-state index in [1.54, 1.807) is 6.07 Å². The summed E-state index contributed by atoms with van der Waals surface area (Å²) in [4.78, 5) is 12.1. The fourth-order valence-corrected chi connectivity index (χ4v) is 2.53. The Hall–Kier alpha value is -1.87. The minimum absolute atomic E-state index is 0.0764. The molecule has 4 heteroatoms. The molecule has 0 bridgehead atoms. The second-order valence-electron chi connectivity index (χ2n) is 4.97. The number of carbonyl (C=O) groups is 1. The third-order valence-electron chi connectivity index (χ3n) is 3.54. The molecular weight excluding hydrogens is 277 g/mol. The molecule has 1 amide bonds. The Morgan fingerprint density at radius 3 is 2.65 bits per heavy atom. The summed E-state index contributed by atoms with van der Waals surface area (Å²) in [6, 6.07) is 14.1. The van der Waals surface area contributed by atoms with Gasteiger partial charge in [-0.1, -0.05) is 41.9 Å². The van der Waals surface area contributed by atoms with Crippen molar-refractivity contribution in [2.45, 2.75) is 12.3 Å². The van der Waals surface area contributed by atoms with Crippen molar-refractivity contribution in [2.24, 2.45) is 5.92 Å². The fourth-order valence-electron chi connectivity index (χ4n) is 2.37. The molecule has 1 aliphatic carbocycles. The fraction of sp³-hybridized carbons (Fsp3) is 0.188. The Morgan fingerprint density at radius 2 is 1.95 bits per heavy atom. The molecule has 1 saturated carbocycles. The zero-order chi connectivity index (χ0) is 14.1. The molecule has 0 unspecified atom stereocenters. The van der Waals surface area contributed by atoms with Crippen molar-refractivity contribution < 1.29 is 9.18 Å². The van der Waals surface area contributed by atoms with E-state index in [0.717, 1.165) is 12.0 Å². The highest BCUT2D eigenvalue weighted by Gasteiger charge is 2.43. The molecule has 0 heterocycles. The van der Waals surface area contributed by atoms with Gasteiger partial charge in [0.25, 0.3) is 0 Å². The van der Waals surface area contributed by atoms with E-state index in [1.165, 1.54) is 12.1 Å². The third kappa shape index (κ3) is 2.68. The number of nitrogens with one attached hydrogen (secondary N) is 1. The molecule has 2 atom stereocenters. The van der Waals surface area contributed by atoms with Crippen LogP contribution in [-0.4, -0.2) is 5.91 Å². The number of anilines is 1. The predicted molar refractivity (Wildman–Crippen MR) is 77.3 cm³/mol. The van der Waals surface area contributed by atoms with Gasteiger partial charge in [-0.05, 0) is 36.1 Å². The van der Waals surface area contributed by atoms with Gasteiger partial charge in [0.15, 0.2) is 0 Å². The van der Waals surface area contributed by atoms with Crippen LogP contribution in [0.3, 0.4) is 0 Å². The number of rotatable bonds is 3. The van der Waals surface area contributed by atoms with Crippen LogP contribution in [0.2, 0.25) is 5.02 Å². The molecule has 1 fully saturated rings. The van der Waals surface area contributed by atoms with Crippen LogP contribution in [0, 0.1) is 11.7 Å². The minimum atomic E-state index is -0.511. The molecule has 0 radical (unpaired) electrons. The molecule has 1 N–H and O–H groups in total. The summed E-state index contributed by atoms with van der Waals surface area (Å²) in [6.45, 7) is 0. The molecule has 20 heavy (non-hydrogen) atoms. The molecule has 0 aliphatic heterocycles. The standard InChI is InChI=1S/C16H13ClFNO/c17-11-6-7-15(14(18)8-11)19-16(20)13-9-12(13)10-4-2-1-3-5-10/h1-8,12-13H,9H2,(H,19,20)/t12-,13-/m1/s1. The molecule has 2 nitrogen and oxygen atoms in total. The van der Waals surface area contributed by atoms with Crippen LogP contribution >= 0.6 is 11.6 Å². The van der Waals surface area contributed by atoms with E-state index in [9.17, 15) is 9.18 Å².